The number of benzene rings is 2. The molecule has 0 unspecified atom stereocenters. The van der Waals surface area contributed by atoms with Crippen LogP contribution < -0.4 is 10.1 Å². The van der Waals surface area contributed by atoms with Gasteiger partial charge in [0.15, 0.2) is 5.69 Å². The number of nitrogens with zero attached hydrogens (tertiary/aromatic N) is 3. The summed E-state index contributed by atoms with van der Waals surface area (Å²) in [5.74, 6) is -0.498. The van der Waals surface area contributed by atoms with Gasteiger partial charge in [-0.05, 0) is 81.5 Å². The average Bonchev–Trinajstić information content (AvgIpc) is 3.59. The van der Waals surface area contributed by atoms with Crippen molar-refractivity contribution in [1.82, 2.24) is 14.1 Å². The van der Waals surface area contributed by atoms with Crippen molar-refractivity contribution in [3.8, 4) is 11.4 Å². The maximum absolute atomic E-state index is 13.4. The molecule has 0 atom stereocenters. The maximum Gasteiger partial charge on any atom is 0.276 e. The summed E-state index contributed by atoms with van der Waals surface area (Å²) in [6.07, 6.45) is 4.03. The van der Waals surface area contributed by atoms with Crippen molar-refractivity contribution in [2.75, 3.05) is 25.0 Å². The lowest BCUT2D eigenvalue weighted by atomic mass is 10.2. The van der Waals surface area contributed by atoms with Gasteiger partial charge in [0.2, 0.25) is 10.0 Å². The molecule has 2 heterocycles. The van der Waals surface area contributed by atoms with Gasteiger partial charge >= 0.3 is 0 Å². The van der Waals surface area contributed by atoms with Crippen LogP contribution in [0.25, 0.3) is 5.69 Å². The Balaban J connectivity index is 1.47. The molecule has 1 N–H and O–H groups in total. The second kappa shape index (κ2) is 9.43. The predicted molar refractivity (Wildman–Crippen MR) is 129 cm³/mol. The minimum absolute atomic E-state index is 0.0427. The van der Waals surface area contributed by atoms with Crippen molar-refractivity contribution in [2.45, 2.75) is 43.9 Å². The Hall–Kier alpha value is -3.24. The van der Waals surface area contributed by atoms with E-state index in [-0.39, 0.29) is 16.5 Å². The smallest absolute Gasteiger partial charge is 0.276 e. The number of aromatic nitrogens is 2. The lowest BCUT2D eigenvalue weighted by Crippen LogP contribution is -2.28. The van der Waals surface area contributed by atoms with Crippen LogP contribution >= 0.6 is 0 Å². The fourth-order valence-corrected chi connectivity index (χ4v) is 6.41. The zero-order valence-electron chi connectivity index (χ0n) is 19.5. The zero-order valence-corrected chi connectivity index (χ0v) is 20.3. The molecular formula is C25H27FN4O4S. The number of hydrogen-bond acceptors (Lipinski definition) is 5. The molecular weight excluding hydrogens is 471 g/mol. The van der Waals surface area contributed by atoms with Crippen molar-refractivity contribution in [3.05, 3.63) is 65.2 Å². The van der Waals surface area contributed by atoms with Crippen LogP contribution in [0.3, 0.4) is 0 Å². The number of amides is 1. The summed E-state index contributed by atoms with van der Waals surface area (Å²) >= 11 is 0. The molecule has 3 aromatic rings. The van der Waals surface area contributed by atoms with Gasteiger partial charge in [0.05, 0.1) is 12.3 Å². The Morgan fingerprint density at radius 1 is 1.09 bits per heavy atom. The molecule has 1 aliphatic carbocycles. The number of ether oxygens (including phenoxy) is 1. The number of anilines is 1. The minimum Gasteiger partial charge on any atom is -0.492 e. The fourth-order valence-electron chi connectivity index (χ4n) is 4.74. The summed E-state index contributed by atoms with van der Waals surface area (Å²) in [4.78, 5) is 13.3. The lowest BCUT2D eigenvalue weighted by molar-refractivity contribution is 0.102. The van der Waals surface area contributed by atoms with E-state index in [2.05, 4.69) is 10.4 Å². The SMILES string of the molecule is CCOc1ccc(NC(=O)c2nn(-c3ccc(F)cc3)c3c2CCC3)cc1S(=O)(=O)N1CCCC1. The van der Waals surface area contributed by atoms with Crippen molar-refractivity contribution in [1.29, 1.82) is 0 Å². The third-order valence-corrected chi connectivity index (χ3v) is 8.32. The van der Waals surface area contributed by atoms with Crippen molar-refractivity contribution >= 4 is 21.6 Å². The van der Waals surface area contributed by atoms with Crippen LogP contribution in [-0.4, -0.2) is 48.1 Å². The van der Waals surface area contributed by atoms with E-state index in [9.17, 15) is 17.6 Å². The summed E-state index contributed by atoms with van der Waals surface area (Å²) in [6, 6.07) is 10.6. The normalized spacial score (nSPS) is 15.8. The van der Waals surface area contributed by atoms with Gasteiger partial charge < -0.3 is 10.1 Å². The fraction of sp³-hybridized carbons (Fsp3) is 0.360. The molecule has 1 saturated heterocycles. The molecule has 0 spiro atoms. The molecule has 2 aliphatic rings. The molecule has 8 nitrogen and oxygen atoms in total. The third kappa shape index (κ3) is 4.43. The maximum atomic E-state index is 13.4. The average molecular weight is 499 g/mol. The number of sulfonamides is 1. The van der Waals surface area contributed by atoms with E-state index in [1.807, 2.05) is 0 Å². The summed E-state index contributed by atoms with van der Waals surface area (Å²) in [7, 11) is -3.75. The van der Waals surface area contributed by atoms with Crippen LogP contribution in [0.1, 0.15) is 47.9 Å². The Labute approximate surface area is 203 Å². The van der Waals surface area contributed by atoms with Crippen LogP contribution in [0, 0.1) is 5.82 Å². The van der Waals surface area contributed by atoms with E-state index in [4.69, 9.17) is 4.74 Å². The monoisotopic (exact) mass is 498 g/mol. The Morgan fingerprint density at radius 3 is 2.54 bits per heavy atom. The summed E-state index contributed by atoms with van der Waals surface area (Å²) < 4.78 is 48.7. The number of carbonyl (C=O) groups excluding carboxylic acids is 1. The molecule has 1 aliphatic heterocycles. The highest BCUT2D eigenvalue weighted by molar-refractivity contribution is 7.89. The largest absolute Gasteiger partial charge is 0.492 e. The highest BCUT2D eigenvalue weighted by Crippen LogP contribution is 2.33. The highest BCUT2D eigenvalue weighted by Gasteiger charge is 2.31. The van der Waals surface area contributed by atoms with Crippen LogP contribution in [0.2, 0.25) is 0 Å². The second-order valence-electron chi connectivity index (χ2n) is 8.68. The van der Waals surface area contributed by atoms with Gasteiger partial charge in [-0.3, -0.25) is 4.79 Å². The predicted octanol–water partition coefficient (Wildman–Crippen LogP) is 3.94. The quantitative estimate of drug-likeness (QED) is 0.533. The minimum atomic E-state index is -3.75. The number of nitrogens with one attached hydrogen (secondary N) is 1. The first-order chi connectivity index (χ1) is 16.9. The first-order valence-electron chi connectivity index (χ1n) is 11.8. The molecule has 35 heavy (non-hydrogen) atoms. The summed E-state index contributed by atoms with van der Waals surface area (Å²) in [6.45, 7) is 3.05. The molecule has 1 aromatic heterocycles. The summed E-state index contributed by atoms with van der Waals surface area (Å²) in [5, 5.41) is 7.36. The molecule has 2 aromatic carbocycles. The van der Waals surface area contributed by atoms with E-state index in [1.165, 1.54) is 22.5 Å². The number of carbonyl (C=O) groups is 1. The van der Waals surface area contributed by atoms with Gasteiger partial charge in [0, 0.05) is 30.0 Å². The second-order valence-corrected chi connectivity index (χ2v) is 10.6. The zero-order chi connectivity index (χ0) is 24.6. The van der Waals surface area contributed by atoms with Gasteiger partial charge in [0.25, 0.3) is 5.91 Å². The lowest BCUT2D eigenvalue weighted by Gasteiger charge is -2.19. The van der Waals surface area contributed by atoms with E-state index >= 15 is 0 Å². The summed E-state index contributed by atoms with van der Waals surface area (Å²) in [5.41, 5.74) is 3.12. The van der Waals surface area contributed by atoms with Crippen LogP contribution in [0.4, 0.5) is 10.1 Å². The van der Waals surface area contributed by atoms with Crippen molar-refractivity contribution < 1.29 is 22.3 Å². The molecule has 0 saturated carbocycles. The number of fused-ring (bicyclic) bond motifs is 1. The number of halogens is 1. The molecule has 0 bridgehead atoms. The number of rotatable bonds is 7. The Kier molecular flexibility index (Phi) is 6.33. The van der Waals surface area contributed by atoms with E-state index in [1.54, 1.807) is 35.9 Å². The van der Waals surface area contributed by atoms with Crippen molar-refractivity contribution in [3.63, 3.8) is 0 Å². The molecule has 184 valence electrons. The topological polar surface area (TPSA) is 93.5 Å². The first kappa shape index (κ1) is 23.5. The van der Waals surface area contributed by atoms with Crippen molar-refractivity contribution in [2.24, 2.45) is 0 Å². The van der Waals surface area contributed by atoms with Gasteiger partial charge in [-0.2, -0.15) is 9.40 Å². The standard InChI is InChI=1S/C25H27FN4O4S/c1-2-34-22-13-10-18(16-23(22)35(32,33)29-14-3-4-15-29)27-25(31)24-20-6-5-7-21(20)30(28-24)19-11-8-17(26)9-12-19/h8-13,16H,2-7,14-15H2,1H3,(H,27,31). The molecule has 0 radical (unpaired) electrons. The van der Waals surface area contributed by atoms with Crippen LogP contribution in [0.5, 0.6) is 5.75 Å². The molecule has 1 amide bonds. The first-order valence-corrected chi connectivity index (χ1v) is 13.3. The van der Waals surface area contributed by atoms with Gasteiger partial charge in [-0.1, -0.05) is 0 Å². The van der Waals surface area contributed by atoms with E-state index in [0.717, 1.165) is 43.4 Å². The molecule has 1 fully saturated rings. The highest BCUT2D eigenvalue weighted by atomic mass is 32.2. The number of hydrogen-bond donors (Lipinski definition) is 1. The van der Waals surface area contributed by atoms with E-state index in [0.29, 0.717) is 36.8 Å². The van der Waals surface area contributed by atoms with E-state index < -0.39 is 15.9 Å². The van der Waals surface area contributed by atoms with Crippen LogP contribution in [-0.2, 0) is 22.9 Å². The molecule has 5 rings (SSSR count). The van der Waals surface area contributed by atoms with Gasteiger partial charge in [0.1, 0.15) is 16.5 Å². The van der Waals surface area contributed by atoms with Crippen LogP contribution in [0.15, 0.2) is 47.4 Å². The van der Waals surface area contributed by atoms with Gasteiger partial charge in [-0.25, -0.2) is 17.5 Å². The Bertz CT molecular complexity index is 1360. The molecule has 10 heteroatoms. The third-order valence-electron chi connectivity index (χ3n) is 6.40. The Morgan fingerprint density at radius 2 is 1.83 bits per heavy atom. The van der Waals surface area contributed by atoms with Gasteiger partial charge in [-0.15, -0.1) is 0 Å².